The number of furan rings is 1. The molecule has 2 rings (SSSR count). The highest BCUT2D eigenvalue weighted by molar-refractivity contribution is 9.10. The first kappa shape index (κ1) is 9.21. The topological polar surface area (TPSA) is 25.2 Å². The average Bonchev–Trinajstić information content (AvgIpc) is 2.71. The summed E-state index contributed by atoms with van der Waals surface area (Å²) in [5.41, 5.74) is 0. The maximum atomic E-state index is 12.5. The summed E-state index contributed by atoms with van der Waals surface area (Å²) in [6.07, 6.45) is 0. The van der Waals surface area contributed by atoms with Gasteiger partial charge in [0.25, 0.3) is 0 Å². The number of nitrogens with one attached hydrogen (secondary N) is 1. The van der Waals surface area contributed by atoms with Gasteiger partial charge in [0, 0.05) is 24.9 Å². The van der Waals surface area contributed by atoms with E-state index in [-0.39, 0.29) is 18.5 Å². The maximum Gasteiger partial charge on any atom is 0.169 e. The Hall–Kier alpha value is -0.350. The maximum absolute atomic E-state index is 12.5. The third kappa shape index (κ3) is 1.79. The van der Waals surface area contributed by atoms with Gasteiger partial charge in [-0.05, 0) is 28.1 Å². The summed E-state index contributed by atoms with van der Waals surface area (Å²) >= 11 is 3.24. The fourth-order valence-electron chi connectivity index (χ4n) is 1.76. The van der Waals surface area contributed by atoms with Gasteiger partial charge in [0.1, 0.15) is 5.76 Å². The molecule has 2 unspecified atom stereocenters. The number of rotatable bonds is 2. The third-order valence-electron chi connectivity index (χ3n) is 2.50. The molecule has 2 atom stereocenters. The van der Waals surface area contributed by atoms with Crippen LogP contribution in [-0.2, 0) is 0 Å². The van der Waals surface area contributed by atoms with Crippen LogP contribution in [0.25, 0.3) is 0 Å². The zero-order valence-corrected chi connectivity index (χ0v) is 8.68. The van der Waals surface area contributed by atoms with Crippen LogP contribution in [-0.4, -0.2) is 19.8 Å². The monoisotopic (exact) mass is 247 g/mol. The molecule has 4 heteroatoms. The number of hydrogen-bond donors (Lipinski definition) is 1. The Balaban J connectivity index is 2.15. The van der Waals surface area contributed by atoms with Gasteiger partial charge >= 0.3 is 0 Å². The summed E-state index contributed by atoms with van der Waals surface area (Å²) in [6, 6.07) is 3.76. The Kier molecular flexibility index (Phi) is 2.69. The van der Waals surface area contributed by atoms with Gasteiger partial charge in [0.2, 0.25) is 0 Å². The summed E-state index contributed by atoms with van der Waals surface area (Å²) < 4.78 is 18.7. The number of hydrogen-bond acceptors (Lipinski definition) is 2. The van der Waals surface area contributed by atoms with Gasteiger partial charge in [0.05, 0.1) is 6.67 Å². The molecule has 0 amide bonds. The van der Waals surface area contributed by atoms with Gasteiger partial charge in [-0.1, -0.05) is 0 Å². The standard InChI is InChI=1S/C9H11BrFNO/c10-9-2-1-8(13-9)7-5-12-4-6(7)3-11/h1-2,6-7,12H,3-5H2. The lowest BCUT2D eigenvalue weighted by Gasteiger charge is -2.11. The van der Waals surface area contributed by atoms with E-state index in [0.717, 1.165) is 18.8 Å². The van der Waals surface area contributed by atoms with E-state index in [1.807, 2.05) is 12.1 Å². The van der Waals surface area contributed by atoms with Crippen LogP contribution in [0.4, 0.5) is 4.39 Å². The summed E-state index contributed by atoms with van der Waals surface area (Å²) in [7, 11) is 0. The molecule has 2 heterocycles. The lowest BCUT2D eigenvalue weighted by molar-refractivity contribution is 0.328. The van der Waals surface area contributed by atoms with E-state index in [2.05, 4.69) is 21.2 Å². The molecule has 1 aliphatic rings. The Morgan fingerprint density at radius 3 is 3.00 bits per heavy atom. The van der Waals surface area contributed by atoms with Crippen molar-refractivity contribution < 1.29 is 8.81 Å². The second-order valence-corrected chi connectivity index (χ2v) is 4.10. The summed E-state index contributed by atoms with van der Waals surface area (Å²) in [5, 5.41) is 3.17. The zero-order valence-electron chi connectivity index (χ0n) is 7.09. The Labute approximate surface area is 84.6 Å². The highest BCUT2D eigenvalue weighted by Gasteiger charge is 2.30. The summed E-state index contributed by atoms with van der Waals surface area (Å²) in [5.74, 6) is 1.13. The molecule has 1 aromatic heterocycles. The van der Waals surface area contributed by atoms with E-state index in [1.54, 1.807) is 0 Å². The van der Waals surface area contributed by atoms with E-state index < -0.39 is 0 Å². The van der Waals surface area contributed by atoms with Crippen LogP contribution in [0.3, 0.4) is 0 Å². The predicted octanol–water partition coefficient (Wildman–Crippen LogP) is 2.31. The van der Waals surface area contributed by atoms with Crippen molar-refractivity contribution in [3.05, 3.63) is 22.6 Å². The summed E-state index contributed by atoms with van der Waals surface area (Å²) in [4.78, 5) is 0. The van der Waals surface area contributed by atoms with E-state index in [9.17, 15) is 4.39 Å². The highest BCUT2D eigenvalue weighted by Crippen LogP contribution is 2.30. The van der Waals surface area contributed by atoms with Crippen molar-refractivity contribution in [2.45, 2.75) is 5.92 Å². The van der Waals surface area contributed by atoms with Crippen LogP contribution >= 0.6 is 15.9 Å². The van der Waals surface area contributed by atoms with E-state index in [1.165, 1.54) is 0 Å². The van der Waals surface area contributed by atoms with Crippen LogP contribution in [0.1, 0.15) is 11.7 Å². The van der Waals surface area contributed by atoms with Crippen LogP contribution < -0.4 is 5.32 Å². The van der Waals surface area contributed by atoms with Crippen molar-refractivity contribution in [1.82, 2.24) is 5.32 Å². The molecule has 2 nitrogen and oxygen atoms in total. The van der Waals surface area contributed by atoms with Crippen molar-refractivity contribution in [2.75, 3.05) is 19.8 Å². The molecular formula is C9H11BrFNO. The second-order valence-electron chi connectivity index (χ2n) is 3.32. The average molecular weight is 248 g/mol. The number of alkyl halides is 1. The predicted molar refractivity (Wildman–Crippen MR) is 51.5 cm³/mol. The minimum atomic E-state index is -0.282. The van der Waals surface area contributed by atoms with Crippen LogP contribution in [0.15, 0.2) is 21.2 Å². The SMILES string of the molecule is FCC1CNCC1c1ccc(Br)o1. The van der Waals surface area contributed by atoms with Crippen LogP contribution in [0.5, 0.6) is 0 Å². The molecule has 1 aromatic rings. The Morgan fingerprint density at radius 1 is 1.54 bits per heavy atom. The zero-order chi connectivity index (χ0) is 9.26. The van der Waals surface area contributed by atoms with E-state index in [4.69, 9.17) is 4.42 Å². The molecule has 0 spiro atoms. The summed E-state index contributed by atoms with van der Waals surface area (Å²) in [6.45, 7) is 1.28. The van der Waals surface area contributed by atoms with Gasteiger partial charge in [-0.3, -0.25) is 4.39 Å². The van der Waals surface area contributed by atoms with Gasteiger partial charge in [-0.15, -0.1) is 0 Å². The first-order valence-electron chi connectivity index (χ1n) is 4.33. The molecular weight excluding hydrogens is 237 g/mol. The molecule has 1 aliphatic heterocycles. The van der Waals surface area contributed by atoms with Crippen molar-refractivity contribution in [1.29, 1.82) is 0 Å². The van der Waals surface area contributed by atoms with Gasteiger partial charge in [-0.2, -0.15) is 0 Å². The quantitative estimate of drug-likeness (QED) is 0.868. The number of halogens is 2. The molecule has 1 N–H and O–H groups in total. The van der Waals surface area contributed by atoms with Crippen molar-refractivity contribution in [2.24, 2.45) is 5.92 Å². The molecule has 72 valence electrons. The lowest BCUT2D eigenvalue weighted by atomic mass is 9.95. The largest absolute Gasteiger partial charge is 0.454 e. The minimum absolute atomic E-state index is 0.0676. The minimum Gasteiger partial charge on any atom is -0.454 e. The highest BCUT2D eigenvalue weighted by atomic mass is 79.9. The third-order valence-corrected chi connectivity index (χ3v) is 2.92. The lowest BCUT2D eigenvalue weighted by Crippen LogP contribution is -2.12. The first-order chi connectivity index (χ1) is 6.31. The second kappa shape index (κ2) is 3.80. The Morgan fingerprint density at radius 2 is 2.38 bits per heavy atom. The van der Waals surface area contributed by atoms with Gasteiger partial charge < -0.3 is 9.73 Å². The molecule has 13 heavy (non-hydrogen) atoms. The van der Waals surface area contributed by atoms with Crippen molar-refractivity contribution in [3.63, 3.8) is 0 Å². The van der Waals surface area contributed by atoms with Crippen LogP contribution in [0.2, 0.25) is 0 Å². The van der Waals surface area contributed by atoms with Gasteiger partial charge in [-0.25, -0.2) is 0 Å². The van der Waals surface area contributed by atoms with E-state index >= 15 is 0 Å². The smallest absolute Gasteiger partial charge is 0.169 e. The van der Waals surface area contributed by atoms with Crippen molar-refractivity contribution >= 4 is 15.9 Å². The fourth-order valence-corrected chi connectivity index (χ4v) is 2.07. The fraction of sp³-hybridized carbons (Fsp3) is 0.556. The molecule has 1 saturated heterocycles. The molecule has 0 bridgehead atoms. The Bertz CT molecular complexity index is 289. The molecule has 0 saturated carbocycles. The van der Waals surface area contributed by atoms with E-state index in [0.29, 0.717) is 4.67 Å². The van der Waals surface area contributed by atoms with Crippen LogP contribution in [0, 0.1) is 5.92 Å². The van der Waals surface area contributed by atoms with Gasteiger partial charge in [0.15, 0.2) is 4.67 Å². The molecule has 0 radical (unpaired) electrons. The normalized spacial score (nSPS) is 28.2. The molecule has 1 fully saturated rings. The first-order valence-corrected chi connectivity index (χ1v) is 5.12. The molecule has 0 aliphatic carbocycles. The molecule has 0 aromatic carbocycles. The van der Waals surface area contributed by atoms with Crippen molar-refractivity contribution in [3.8, 4) is 0 Å².